The van der Waals surface area contributed by atoms with Crippen LogP contribution < -0.4 is 5.73 Å². The highest BCUT2D eigenvalue weighted by Gasteiger charge is 2.22. The molecular weight excluding hydrogens is 361 g/mol. The molecule has 146 valence electrons. The minimum atomic E-state index is -0.453. The van der Waals surface area contributed by atoms with E-state index in [9.17, 15) is 5.11 Å². The average molecular weight is 385 g/mol. The van der Waals surface area contributed by atoms with Crippen LogP contribution in [0.15, 0.2) is 60.8 Å². The van der Waals surface area contributed by atoms with E-state index in [0.717, 1.165) is 40.7 Å². The fourth-order valence-corrected chi connectivity index (χ4v) is 3.59. The molecule has 29 heavy (non-hydrogen) atoms. The fourth-order valence-electron chi connectivity index (χ4n) is 3.59. The van der Waals surface area contributed by atoms with E-state index < -0.39 is 5.44 Å². The third-order valence-corrected chi connectivity index (χ3v) is 5.14. The van der Waals surface area contributed by atoms with Gasteiger partial charge in [-0.3, -0.25) is 4.98 Å². The van der Waals surface area contributed by atoms with E-state index in [4.69, 9.17) is 10.7 Å². The summed E-state index contributed by atoms with van der Waals surface area (Å²) >= 11 is 0. The van der Waals surface area contributed by atoms with E-state index in [1.54, 1.807) is 10.7 Å². The summed E-state index contributed by atoms with van der Waals surface area (Å²) < 4.78 is 1.78. The minimum absolute atomic E-state index is 0.107. The van der Waals surface area contributed by atoms with Gasteiger partial charge in [-0.2, -0.15) is 5.10 Å². The predicted molar refractivity (Wildman–Crippen MR) is 117 cm³/mol. The molecule has 0 aliphatic carbocycles. The summed E-state index contributed by atoms with van der Waals surface area (Å²) in [6.45, 7) is 2.02. The lowest BCUT2D eigenvalue weighted by Crippen LogP contribution is -2.37. The Kier molecular flexibility index (Phi) is 5.17. The van der Waals surface area contributed by atoms with Crippen molar-refractivity contribution < 1.29 is 5.11 Å². The topological polar surface area (TPSA) is 89.8 Å². The number of nitrogens with zero attached hydrogens (tertiary/aromatic N) is 4. The lowest BCUT2D eigenvalue weighted by molar-refractivity contribution is 0.276. The lowest BCUT2D eigenvalue weighted by Gasteiger charge is -2.24. The average Bonchev–Trinajstić information content (AvgIpc) is 3.17. The fraction of sp³-hybridized carbons (Fsp3) is 0.227. The van der Waals surface area contributed by atoms with Crippen molar-refractivity contribution in [3.05, 3.63) is 72.2 Å². The predicted octanol–water partition coefficient (Wildman–Crippen LogP) is 2.52. The number of aliphatic hydroxyl groups is 1. The second-order valence-corrected chi connectivity index (χ2v) is 7.55. The van der Waals surface area contributed by atoms with Gasteiger partial charge in [-0.05, 0) is 36.8 Å². The Morgan fingerprint density at radius 2 is 1.93 bits per heavy atom. The second-order valence-electron chi connectivity index (χ2n) is 7.55. The van der Waals surface area contributed by atoms with Crippen LogP contribution in [0.5, 0.6) is 0 Å². The number of aromatic nitrogens is 4. The zero-order valence-electron chi connectivity index (χ0n) is 16.7. The van der Waals surface area contributed by atoms with Gasteiger partial charge in [-0.25, -0.2) is 9.67 Å². The Hall–Kier alpha value is -3.03. The molecule has 3 heterocycles. The molecule has 0 bridgehead atoms. The van der Waals surface area contributed by atoms with Crippen molar-refractivity contribution in [2.75, 3.05) is 0 Å². The largest absolute Gasteiger partial charge is 0.390 e. The summed E-state index contributed by atoms with van der Waals surface area (Å²) in [5.74, 6) is 0.669. The van der Waals surface area contributed by atoms with E-state index in [0.29, 0.717) is 11.5 Å². The minimum Gasteiger partial charge on any atom is -0.390 e. The molecule has 3 aromatic heterocycles. The zero-order chi connectivity index (χ0) is 20.4. The smallest absolute Gasteiger partial charge is 0.154 e. The molecule has 0 unspecified atom stereocenters. The second kappa shape index (κ2) is 7.77. The first-order chi connectivity index (χ1) is 14.0. The molecule has 4 rings (SSSR count). The van der Waals surface area contributed by atoms with E-state index in [2.05, 4.69) is 23.1 Å². The third-order valence-electron chi connectivity index (χ3n) is 5.14. The van der Waals surface area contributed by atoms with Gasteiger partial charge in [0, 0.05) is 16.4 Å². The Balaban J connectivity index is 1.78. The molecule has 0 fully saturated rings. The Labute approximate surface area is 170 Å². The standard InChI is InChI=1S/C22H24BN5O/c1-2-11-22(23,24)20-7-4-6-18(27-20)15-9-10-16-13-25-28(19(16)12-15)21-8-3-5-17(14-29)26-21/h3-10,12-13,29H,2,11,14,23-24H2,1H3/t22-/m0/s1. The number of benzene rings is 1. The molecule has 0 spiro atoms. The van der Waals surface area contributed by atoms with E-state index in [-0.39, 0.29) is 6.61 Å². The van der Waals surface area contributed by atoms with E-state index in [1.807, 2.05) is 56.5 Å². The summed E-state index contributed by atoms with van der Waals surface area (Å²) in [6, 6.07) is 17.7. The van der Waals surface area contributed by atoms with E-state index in [1.165, 1.54) is 0 Å². The molecule has 0 aliphatic heterocycles. The summed E-state index contributed by atoms with van der Waals surface area (Å²) in [6.07, 6.45) is 3.69. The van der Waals surface area contributed by atoms with Crippen molar-refractivity contribution in [1.29, 1.82) is 0 Å². The van der Waals surface area contributed by atoms with E-state index >= 15 is 0 Å². The van der Waals surface area contributed by atoms with Crippen LogP contribution in [0.2, 0.25) is 0 Å². The van der Waals surface area contributed by atoms with Gasteiger partial charge in [0.15, 0.2) is 5.82 Å². The van der Waals surface area contributed by atoms with Crippen molar-refractivity contribution in [3.8, 4) is 17.1 Å². The third kappa shape index (κ3) is 3.79. The maximum atomic E-state index is 9.38. The highest BCUT2D eigenvalue weighted by atomic mass is 16.3. The van der Waals surface area contributed by atoms with Crippen molar-refractivity contribution in [2.24, 2.45) is 5.73 Å². The van der Waals surface area contributed by atoms with Crippen LogP contribution in [0.1, 0.15) is 31.2 Å². The zero-order valence-corrected chi connectivity index (χ0v) is 16.7. The molecule has 0 aliphatic rings. The number of nitrogens with two attached hydrogens (primary N) is 1. The summed E-state index contributed by atoms with van der Waals surface area (Å²) in [5, 5.41) is 14.9. The molecule has 0 saturated carbocycles. The summed E-state index contributed by atoms with van der Waals surface area (Å²) in [5.41, 5.74) is 10.3. The van der Waals surface area contributed by atoms with Crippen LogP contribution >= 0.6 is 0 Å². The van der Waals surface area contributed by atoms with Gasteiger partial charge in [0.2, 0.25) is 0 Å². The maximum absolute atomic E-state index is 9.38. The molecule has 0 amide bonds. The number of hydrogen-bond acceptors (Lipinski definition) is 5. The highest BCUT2D eigenvalue weighted by molar-refractivity contribution is 6.15. The summed E-state index contributed by atoms with van der Waals surface area (Å²) in [7, 11) is 2.03. The number of hydrogen-bond donors (Lipinski definition) is 2. The van der Waals surface area contributed by atoms with Gasteiger partial charge in [0.25, 0.3) is 0 Å². The number of aliphatic hydroxyl groups excluding tert-OH is 1. The molecule has 7 heteroatoms. The van der Waals surface area contributed by atoms with Gasteiger partial charge < -0.3 is 10.8 Å². The van der Waals surface area contributed by atoms with Crippen LogP contribution in [0.4, 0.5) is 0 Å². The molecule has 1 aromatic carbocycles. The van der Waals surface area contributed by atoms with Crippen LogP contribution in [0.3, 0.4) is 0 Å². The van der Waals surface area contributed by atoms with Crippen molar-refractivity contribution in [1.82, 2.24) is 19.7 Å². The quantitative estimate of drug-likeness (QED) is 0.498. The first-order valence-corrected chi connectivity index (χ1v) is 9.83. The van der Waals surface area contributed by atoms with Crippen LogP contribution in [0.25, 0.3) is 28.0 Å². The number of fused-ring (bicyclic) bond motifs is 1. The van der Waals surface area contributed by atoms with Gasteiger partial charge >= 0.3 is 0 Å². The van der Waals surface area contributed by atoms with Crippen LogP contribution in [0, 0.1) is 0 Å². The van der Waals surface area contributed by atoms with Crippen LogP contribution in [-0.4, -0.2) is 32.7 Å². The molecule has 1 atom stereocenters. The van der Waals surface area contributed by atoms with Crippen molar-refractivity contribution >= 4 is 18.7 Å². The monoisotopic (exact) mass is 385 g/mol. The Morgan fingerprint density at radius 1 is 1.10 bits per heavy atom. The summed E-state index contributed by atoms with van der Waals surface area (Å²) in [4.78, 5) is 9.32. The van der Waals surface area contributed by atoms with Crippen molar-refractivity contribution in [2.45, 2.75) is 31.8 Å². The van der Waals surface area contributed by atoms with Crippen molar-refractivity contribution in [3.63, 3.8) is 0 Å². The van der Waals surface area contributed by atoms with Gasteiger partial charge in [-0.1, -0.05) is 37.6 Å². The lowest BCUT2D eigenvalue weighted by atomic mass is 9.72. The Morgan fingerprint density at radius 3 is 2.72 bits per heavy atom. The molecule has 4 aromatic rings. The molecule has 0 saturated heterocycles. The first-order valence-electron chi connectivity index (χ1n) is 9.83. The maximum Gasteiger partial charge on any atom is 0.154 e. The Bertz CT molecular complexity index is 1150. The number of rotatable bonds is 6. The van der Waals surface area contributed by atoms with Gasteiger partial charge in [0.1, 0.15) is 7.85 Å². The molecule has 0 radical (unpaired) electrons. The van der Waals surface area contributed by atoms with Gasteiger partial charge in [-0.15, -0.1) is 0 Å². The number of pyridine rings is 2. The van der Waals surface area contributed by atoms with Gasteiger partial charge in [0.05, 0.1) is 35.4 Å². The molecule has 6 nitrogen and oxygen atoms in total. The van der Waals surface area contributed by atoms with Crippen LogP contribution in [-0.2, 0) is 12.0 Å². The molecular formula is C22H24BN5O. The molecule has 3 N–H and O–H groups in total. The highest BCUT2D eigenvalue weighted by Crippen LogP contribution is 2.27. The SMILES string of the molecule is B[C@](N)(CCC)c1cccc(-c2ccc3cnn(-c4cccc(CO)n4)c3c2)n1. The first kappa shape index (κ1) is 19.3. The normalized spacial score (nSPS) is 13.5.